The highest BCUT2D eigenvalue weighted by molar-refractivity contribution is 6.00. The van der Waals surface area contributed by atoms with Gasteiger partial charge < -0.3 is 19.4 Å². The Morgan fingerprint density at radius 3 is 2.30 bits per heavy atom. The molecular formula is C22H27N3O2. The molecule has 5 heteroatoms. The second-order valence-electron chi connectivity index (χ2n) is 7.08. The van der Waals surface area contributed by atoms with E-state index in [2.05, 4.69) is 40.1 Å². The fraction of sp³-hybridized carbons (Fsp3) is 0.409. The molecule has 2 saturated heterocycles. The van der Waals surface area contributed by atoms with E-state index in [1.54, 1.807) is 0 Å². The number of anilines is 2. The van der Waals surface area contributed by atoms with Gasteiger partial charge in [0.1, 0.15) is 0 Å². The van der Waals surface area contributed by atoms with Crippen LogP contribution in [0.4, 0.5) is 11.4 Å². The van der Waals surface area contributed by atoms with Crippen molar-refractivity contribution in [3.05, 3.63) is 60.2 Å². The summed E-state index contributed by atoms with van der Waals surface area (Å²) in [6.45, 7) is 6.54. The predicted octanol–water partition coefficient (Wildman–Crippen LogP) is 2.88. The molecule has 142 valence electrons. The van der Waals surface area contributed by atoms with Crippen LogP contribution < -0.4 is 9.80 Å². The highest BCUT2D eigenvalue weighted by Gasteiger charge is 2.24. The minimum Gasteiger partial charge on any atom is -0.378 e. The molecule has 2 heterocycles. The molecule has 0 aromatic heterocycles. The van der Waals surface area contributed by atoms with E-state index in [4.69, 9.17) is 4.74 Å². The number of benzene rings is 2. The number of hydrogen-bond acceptors (Lipinski definition) is 4. The average molecular weight is 365 g/mol. The molecule has 2 aliphatic rings. The molecule has 4 rings (SSSR count). The summed E-state index contributed by atoms with van der Waals surface area (Å²) in [5, 5.41) is 0. The molecule has 1 amide bonds. The van der Waals surface area contributed by atoms with Crippen molar-refractivity contribution < 1.29 is 9.53 Å². The molecule has 2 aliphatic heterocycles. The molecule has 0 radical (unpaired) electrons. The third-order valence-corrected chi connectivity index (χ3v) is 5.39. The highest BCUT2D eigenvalue weighted by Crippen LogP contribution is 2.24. The number of rotatable bonds is 3. The summed E-state index contributed by atoms with van der Waals surface area (Å²) in [5.74, 6) is 0.145. The fourth-order valence-corrected chi connectivity index (χ4v) is 3.92. The Morgan fingerprint density at radius 1 is 0.741 bits per heavy atom. The first-order valence-corrected chi connectivity index (χ1v) is 9.84. The van der Waals surface area contributed by atoms with Crippen molar-refractivity contribution in [1.29, 1.82) is 0 Å². The van der Waals surface area contributed by atoms with Crippen LogP contribution in [-0.4, -0.2) is 63.3 Å². The highest BCUT2D eigenvalue weighted by atomic mass is 16.5. The summed E-state index contributed by atoms with van der Waals surface area (Å²) in [4.78, 5) is 20.0. The molecule has 0 spiro atoms. The third kappa shape index (κ3) is 4.08. The second-order valence-corrected chi connectivity index (χ2v) is 7.08. The molecule has 2 aromatic carbocycles. The molecule has 0 atom stereocenters. The largest absolute Gasteiger partial charge is 0.378 e. The first-order valence-electron chi connectivity index (χ1n) is 9.84. The molecule has 0 unspecified atom stereocenters. The maximum absolute atomic E-state index is 13.3. The van der Waals surface area contributed by atoms with Crippen LogP contribution in [0.15, 0.2) is 54.6 Å². The minimum atomic E-state index is 0.145. The van der Waals surface area contributed by atoms with Gasteiger partial charge in [0, 0.05) is 50.6 Å². The zero-order chi connectivity index (χ0) is 18.5. The summed E-state index contributed by atoms with van der Waals surface area (Å²) < 4.78 is 5.47. The van der Waals surface area contributed by atoms with E-state index in [1.807, 2.05) is 29.2 Å². The van der Waals surface area contributed by atoms with E-state index in [0.29, 0.717) is 0 Å². The van der Waals surface area contributed by atoms with Gasteiger partial charge in [0.15, 0.2) is 0 Å². The number of para-hydroxylation sites is 2. The van der Waals surface area contributed by atoms with E-state index in [-0.39, 0.29) is 5.91 Å². The van der Waals surface area contributed by atoms with Gasteiger partial charge in [-0.15, -0.1) is 0 Å². The van der Waals surface area contributed by atoms with Gasteiger partial charge in [-0.2, -0.15) is 0 Å². The number of amides is 1. The molecule has 27 heavy (non-hydrogen) atoms. The van der Waals surface area contributed by atoms with Gasteiger partial charge in [0.25, 0.3) is 5.91 Å². The van der Waals surface area contributed by atoms with Crippen molar-refractivity contribution in [3.8, 4) is 0 Å². The maximum Gasteiger partial charge on any atom is 0.256 e. The number of hydrogen-bond donors (Lipinski definition) is 0. The van der Waals surface area contributed by atoms with Crippen LogP contribution in [0, 0.1) is 0 Å². The van der Waals surface area contributed by atoms with Gasteiger partial charge in [-0.3, -0.25) is 4.79 Å². The van der Waals surface area contributed by atoms with Crippen LogP contribution in [-0.2, 0) is 4.74 Å². The normalized spacial score (nSPS) is 18.3. The van der Waals surface area contributed by atoms with Crippen LogP contribution >= 0.6 is 0 Å². The monoisotopic (exact) mass is 365 g/mol. The Balaban J connectivity index is 1.48. The van der Waals surface area contributed by atoms with Crippen molar-refractivity contribution in [3.63, 3.8) is 0 Å². The topological polar surface area (TPSA) is 36.0 Å². The molecule has 0 aliphatic carbocycles. The van der Waals surface area contributed by atoms with Crippen molar-refractivity contribution in [2.75, 3.05) is 62.3 Å². The lowest BCUT2D eigenvalue weighted by atomic mass is 10.1. The van der Waals surface area contributed by atoms with Gasteiger partial charge in [-0.25, -0.2) is 0 Å². The second kappa shape index (κ2) is 8.44. The van der Waals surface area contributed by atoms with Crippen LogP contribution in [0.2, 0.25) is 0 Å². The third-order valence-electron chi connectivity index (χ3n) is 5.39. The quantitative estimate of drug-likeness (QED) is 0.838. The van der Waals surface area contributed by atoms with Crippen LogP contribution in [0.5, 0.6) is 0 Å². The number of carbonyl (C=O) groups is 1. The lowest BCUT2D eigenvalue weighted by Crippen LogP contribution is -2.39. The summed E-state index contributed by atoms with van der Waals surface area (Å²) in [7, 11) is 0. The molecule has 0 saturated carbocycles. The maximum atomic E-state index is 13.3. The lowest BCUT2D eigenvalue weighted by Gasteiger charge is -2.31. The van der Waals surface area contributed by atoms with E-state index < -0.39 is 0 Å². The van der Waals surface area contributed by atoms with E-state index >= 15 is 0 Å². The molecule has 2 fully saturated rings. The van der Waals surface area contributed by atoms with E-state index in [9.17, 15) is 4.79 Å². The Kier molecular flexibility index (Phi) is 5.58. The molecule has 2 aromatic rings. The summed E-state index contributed by atoms with van der Waals surface area (Å²) in [5.41, 5.74) is 3.09. The fourth-order valence-electron chi connectivity index (χ4n) is 3.92. The summed E-state index contributed by atoms with van der Waals surface area (Å²) >= 11 is 0. The molecule has 5 nitrogen and oxygen atoms in total. The number of morpholine rings is 1. The lowest BCUT2D eigenvalue weighted by molar-refractivity contribution is 0.0766. The first kappa shape index (κ1) is 17.9. The number of ether oxygens (including phenoxy) is 1. The Hall–Kier alpha value is -2.53. The Bertz CT molecular complexity index is 759. The van der Waals surface area contributed by atoms with Crippen molar-refractivity contribution in [1.82, 2.24) is 4.90 Å². The average Bonchev–Trinajstić information content (AvgIpc) is 3.01. The van der Waals surface area contributed by atoms with E-state index in [1.165, 1.54) is 5.69 Å². The molecular weight excluding hydrogens is 338 g/mol. The standard InChI is InChI=1S/C22H27N3O2/c26-22(20-9-4-5-10-21(20)24-15-17-27-18-16-24)25-12-6-11-23(13-14-25)19-7-2-1-3-8-19/h1-5,7-10H,6,11-18H2. The Labute approximate surface area is 161 Å². The SMILES string of the molecule is O=C(c1ccccc1N1CCOCC1)N1CCCN(c2ccccc2)CC1. The summed E-state index contributed by atoms with van der Waals surface area (Å²) in [6.07, 6.45) is 0.986. The Morgan fingerprint density at radius 2 is 1.48 bits per heavy atom. The minimum absolute atomic E-state index is 0.145. The molecule has 0 bridgehead atoms. The number of nitrogens with zero attached hydrogens (tertiary/aromatic N) is 3. The van der Waals surface area contributed by atoms with Gasteiger partial charge in [0.05, 0.1) is 18.8 Å². The van der Waals surface area contributed by atoms with Crippen molar-refractivity contribution >= 4 is 17.3 Å². The molecule has 0 N–H and O–H groups in total. The van der Waals surface area contributed by atoms with Gasteiger partial charge >= 0.3 is 0 Å². The van der Waals surface area contributed by atoms with Gasteiger partial charge in [-0.05, 0) is 30.7 Å². The van der Waals surface area contributed by atoms with Crippen LogP contribution in [0.3, 0.4) is 0 Å². The summed E-state index contributed by atoms with van der Waals surface area (Å²) in [6, 6.07) is 18.5. The first-order chi connectivity index (χ1) is 13.3. The van der Waals surface area contributed by atoms with Crippen molar-refractivity contribution in [2.24, 2.45) is 0 Å². The van der Waals surface area contributed by atoms with E-state index in [0.717, 1.165) is 70.2 Å². The van der Waals surface area contributed by atoms with Crippen molar-refractivity contribution in [2.45, 2.75) is 6.42 Å². The van der Waals surface area contributed by atoms with Gasteiger partial charge in [0.2, 0.25) is 0 Å². The smallest absolute Gasteiger partial charge is 0.256 e. The van der Waals surface area contributed by atoms with Gasteiger partial charge in [-0.1, -0.05) is 30.3 Å². The predicted molar refractivity (Wildman–Crippen MR) is 109 cm³/mol. The van der Waals surface area contributed by atoms with Crippen LogP contribution in [0.1, 0.15) is 16.8 Å². The zero-order valence-electron chi connectivity index (χ0n) is 15.7. The zero-order valence-corrected chi connectivity index (χ0v) is 15.7. The number of carbonyl (C=O) groups excluding carboxylic acids is 1. The van der Waals surface area contributed by atoms with Crippen LogP contribution in [0.25, 0.3) is 0 Å².